The third kappa shape index (κ3) is 5.21. The summed E-state index contributed by atoms with van der Waals surface area (Å²) in [5, 5.41) is 29.7. The second kappa shape index (κ2) is 8.85. The van der Waals surface area contributed by atoms with E-state index >= 15 is 0 Å². The summed E-state index contributed by atoms with van der Waals surface area (Å²) in [6.07, 6.45) is 0.892. The van der Waals surface area contributed by atoms with Gasteiger partial charge in [-0.25, -0.2) is 0 Å². The minimum atomic E-state index is -0.881. The van der Waals surface area contributed by atoms with Crippen molar-refractivity contribution in [2.24, 2.45) is 17.8 Å². The van der Waals surface area contributed by atoms with Crippen LogP contribution in [0.2, 0.25) is 0 Å². The molecule has 1 aliphatic heterocycles. The van der Waals surface area contributed by atoms with Crippen LogP contribution in [0, 0.1) is 17.8 Å². The van der Waals surface area contributed by atoms with E-state index in [1.807, 2.05) is 27.7 Å². The molecular formula is C17H33NO4. The molecule has 1 rings (SSSR count). The third-order valence-electron chi connectivity index (χ3n) is 4.65. The first-order chi connectivity index (χ1) is 10.3. The Morgan fingerprint density at radius 3 is 2.23 bits per heavy atom. The Bertz CT molecular complexity index is 346. The lowest BCUT2D eigenvalue weighted by Crippen LogP contribution is -2.44. The number of amides is 1. The zero-order valence-electron chi connectivity index (χ0n) is 14.4. The second-order valence-corrected chi connectivity index (χ2v) is 7.36. The smallest absolute Gasteiger partial charge is 0.226 e. The fourth-order valence-electron chi connectivity index (χ4n) is 3.24. The normalized spacial score (nSPS) is 23.1. The molecule has 0 aliphatic carbocycles. The summed E-state index contributed by atoms with van der Waals surface area (Å²) in [6.45, 7) is 8.60. The molecule has 1 fully saturated rings. The SMILES string of the molecule is CC(C)C[C@H](O)[C@H](O)C[C@H](C(=O)N1CCCC1CO)C(C)C. The molecule has 1 aliphatic rings. The van der Waals surface area contributed by atoms with Gasteiger partial charge < -0.3 is 20.2 Å². The van der Waals surface area contributed by atoms with Crippen molar-refractivity contribution in [1.82, 2.24) is 4.90 Å². The zero-order chi connectivity index (χ0) is 16.9. The van der Waals surface area contributed by atoms with Crippen molar-refractivity contribution in [3.63, 3.8) is 0 Å². The first-order valence-corrected chi connectivity index (χ1v) is 8.55. The summed E-state index contributed by atoms with van der Waals surface area (Å²) >= 11 is 0. The number of aliphatic hydroxyl groups is 3. The Balaban J connectivity index is 2.70. The van der Waals surface area contributed by atoms with E-state index in [0.717, 1.165) is 12.8 Å². The first kappa shape index (κ1) is 19.4. The zero-order valence-corrected chi connectivity index (χ0v) is 14.4. The monoisotopic (exact) mass is 315 g/mol. The van der Waals surface area contributed by atoms with Gasteiger partial charge in [0.15, 0.2) is 0 Å². The van der Waals surface area contributed by atoms with Crippen molar-refractivity contribution in [3.05, 3.63) is 0 Å². The van der Waals surface area contributed by atoms with E-state index in [-0.39, 0.29) is 36.8 Å². The van der Waals surface area contributed by atoms with E-state index < -0.39 is 12.2 Å². The van der Waals surface area contributed by atoms with E-state index in [0.29, 0.717) is 18.9 Å². The molecule has 1 saturated heterocycles. The molecule has 5 heteroatoms. The molecule has 130 valence electrons. The number of hydrogen-bond acceptors (Lipinski definition) is 4. The van der Waals surface area contributed by atoms with Crippen LogP contribution in [-0.2, 0) is 4.79 Å². The highest BCUT2D eigenvalue weighted by atomic mass is 16.3. The molecule has 0 aromatic carbocycles. The second-order valence-electron chi connectivity index (χ2n) is 7.36. The number of nitrogens with zero attached hydrogens (tertiary/aromatic N) is 1. The Kier molecular flexibility index (Phi) is 7.80. The van der Waals surface area contributed by atoms with Crippen molar-refractivity contribution >= 4 is 5.91 Å². The highest BCUT2D eigenvalue weighted by molar-refractivity contribution is 5.79. The van der Waals surface area contributed by atoms with Gasteiger partial charge in [0.25, 0.3) is 0 Å². The Morgan fingerprint density at radius 2 is 1.73 bits per heavy atom. The Hall–Kier alpha value is -0.650. The van der Waals surface area contributed by atoms with Gasteiger partial charge in [0.2, 0.25) is 5.91 Å². The lowest BCUT2D eigenvalue weighted by molar-refractivity contribution is -0.140. The molecule has 1 amide bonds. The number of carbonyl (C=O) groups is 1. The average Bonchev–Trinajstić information content (AvgIpc) is 2.90. The molecular weight excluding hydrogens is 282 g/mol. The molecule has 22 heavy (non-hydrogen) atoms. The molecule has 0 saturated carbocycles. The maximum atomic E-state index is 12.8. The average molecular weight is 315 g/mol. The van der Waals surface area contributed by atoms with Crippen molar-refractivity contribution in [2.45, 2.75) is 71.6 Å². The summed E-state index contributed by atoms with van der Waals surface area (Å²) in [5.41, 5.74) is 0. The van der Waals surface area contributed by atoms with Crippen LogP contribution in [0.1, 0.15) is 53.4 Å². The van der Waals surface area contributed by atoms with Crippen LogP contribution >= 0.6 is 0 Å². The summed E-state index contributed by atoms with van der Waals surface area (Å²) in [5.74, 6) is 0.0786. The fraction of sp³-hybridized carbons (Fsp3) is 0.941. The number of likely N-dealkylation sites (tertiary alicyclic amines) is 1. The maximum Gasteiger partial charge on any atom is 0.226 e. The van der Waals surface area contributed by atoms with Gasteiger partial charge in [-0.15, -0.1) is 0 Å². The van der Waals surface area contributed by atoms with Gasteiger partial charge in [-0.05, 0) is 37.5 Å². The van der Waals surface area contributed by atoms with Crippen molar-refractivity contribution < 1.29 is 20.1 Å². The highest BCUT2D eigenvalue weighted by Crippen LogP contribution is 2.27. The highest BCUT2D eigenvalue weighted by Gasteiger charge is 2.36. The topological polar surface area (TPSA) is 81.0 Å². The molecule has 0 aromatic heterocycles. The maximum absolute atomic E-state index is 12.8. The van der Waals surface area contributed by atoms with Crippen LogP contribution in [0.15, 0.2) is 0 Å². The lowest BCUT2D eigenvalue weighted by atomic mass is 9.86. The third-order valence-corrected chi connectivity index (χ3v) is 4.65. The summed E-state index contributed by atoms with van der Waals surface area (Å²) in [4.78, 5) is 14.5. The summed E-state index contributed by atoms with van der Waals surface area (Å²) < 4.78 is 0. The van der Waals surface area contributed by atoms with Gasteiger partial charge in [-0.2, -0.15) is 0 Å². The molecule has 5 nitrogen and oxygen atoms in total. The van der Waals surface area contributed by atoms with E-state index in [4.69, 9.17) is 0 Å². The fourth-order valence-corrected chi connectivity index (χ4v) is 3.24. The Labute approximate surface area is 134 Å². The molecule has 0 bridgehead atoms. The minimum absolute atomic E-state index is 0.00217. The summed E-state index contributed by atoms with van der Waals surface area (Å²) in [6, 6.07) is -0.0912. The molecule has 0 spiro atoms. The van der Waals surface area contributed by atoms with Crippen LogP contribution in [0.4, 0.5) is 0 Å². The molecule has 1 unspecified atom stereocenters. The number of aliphatic hydroxyl groups excluding tert-OH is 3. The van der Waals surface area contributed by atoms with E-state index in [1.54, 1.807) is 4.90 Å². The quantitative estimate of drug-likeness (QED) is 0.632. The minimum Gasteiger partial charge on any atom is -0.394 e. The van der Waals surface area contributed by atoms with Crippen LogP contribution in [0.3, 0.4) is 0 Å². The predicted molar refractivity (Wildman–Crippen MR) is 86.2 cm³/mol. The lowest BCUT2D eigenvalue weighted by Gasteiger charge is -2.32. The Morgan fingerprint density at radius 1 is 1.14 bits per heavy atom. The summed E-state index contributed by atoms with van der Waals surface area (Å²) in [7, 11) is 0. The largest absolute Gasteiger partial charge is 0.394 e. The van der Waals surface area contributed by atoms with E-state index in [1.165, 1.54) is 0 Å². The van der Waals surface area contributed by atoms with Gasteiger partial charge in [0.05, 0.1) is 24.9 Å². The molecule has 4 atom stereocenters. The number of carbonyl (C=O) groups excluding carboxylic acids is 1. The van der Waals surface area contributed by atoms with Crippen molar-refractivity contribution in [1.29, 1.82) is 0 Å². The number of hydrogen-bond donors (Lipinski definition) is 3. The van der Waals surface area contributed by atoms with Crippen molar-refractivity contribution in [2.75, 3.05) is 13.2 Å². The predicted octanol–water partition coefficient (Wildman–Crippen LogP) is 1.40. The standard InChI is InChI=1S/C17H33NO4/c1-11(2)8-15(20)16(21)9-14(12(3)4)17(22)18-7-5-6-13(18)10-19/h11-16,19-21H,5-10H2,1-4H3/t13?,14-,15-,16+/m0/s1. The van der Waals surface area contributed by atoms with Gasteiger partial charge in [-0.3, -0.25) is 4.79 Å². The molecule has 0 radical (unpaired) electrons. The van der Waals surface area contributed by atoms with Crippen molar-refractivity contribution in [3.8, 4) is 0 Å². The van der Waals surface area contributed by atoms with Gasteiger partial charge in [-0.1, -0.05) is 27.7 Å². The van der Waals surface area contributed by atoms with Crippen LogP contribution in [0.25, 0.3) is 0 Å². The first-order valence-electron chi connectivity index (χ1n) is 8.55. The van der Waals surface area contributed by atoms with Gasteiger partial charge >= 0.3 is 0 Å². The van der Waals surface area contributed by atoms with Gasteiger partial charge in [0, 0.05) is 12.5 Å². The van der Waals surface area contributed by atoms with Crippen LogP contribution in [-0.4, -0.2) is 57.5 Å². The molecule has 0 aromatic rings. The molecule has 1 heterocycles. The number of rotatable bonds is 8. The molecule has 3 N–H and O–H groups in total. The van der Waals surface area contributed by atoms with Gasteiger partial charge in [0.1, 0.15) is 0 Å². The van der Waals surface area contributed by atoms with E-state index in [9.17, 15) is 20.1 Å². The van der Waals surface area contributed by atoms with Crippen LogP contribution < -0.4 is 0 Å². The van der Waals surface area contributed by atoms with Crippen LogP contribution in [0.5, 0.6) is 0 Å². The van der Waals surface area contributed by atoms with E-state index in [2.05, 4.69) is 0 Å².